The Hall–Kier alpha value is -4.02. The highest BCUT2D eigenvalue weighted by molar-refractivity contribution is 6.29. The zero-order valence-electron chi connectivity index (χ0n) is 19.8. The second kappa shape index (κ2) is 11.1. The van der Waals surface area contributed by atoms with E-state index in [9.17, 15) is 0 Å². The molecular weight excluding hydrogens is 507 g/mol. The van der Waals surface area contributed by atoms with Crippen molar-refractivity contribution in [1.29, 1.82) is 0 Å². The third-order valence-corrected chi connectivity index (χ3v) is 5.44. The number of rotatable bonds is 9. The lowest BCUT2D eigenvalue weighted by atomic mass is 10.2. The van der Waals surface area contributed by atoms with Crippen molar-refractivity contribution < 1.29 is 18.9 Å². The van der Waals surface area contributed by atoms with E-state index in [4.69, 9.17) is 42.1 Å². The van der Waals surface area contributed by atoms with Gasteiger partial charge in [-0.2, -0.15) is 9.97 Å². The molecule has 0 saturated carbocycles. The molecule has 0 spiro atoms. The van der Waals surface area contributed by atoms with Crippen LogP contribution < -0.4 is 29.0 Å². The summed E-state index contributed by atoms with van der Waals surface area (Å²) in [6.45, 7) is 0. The lowest BCUT2D eigenvalue weighted by molar-refractivity contribution is 0.355. The van der Waals surface area contributed by atoms with Crippen LogP contribution in [-0.4, -0.2) is 48.4 Å². The normalized spacial score (nSPS) is 10.5. The van der Waals surface area contributed by atoms with E-state index in [1.807, 2.05) is 12.1 Å². The summed E-state index contributed by atoms with van der Waals surface area (Å²) < 4.78 is 21.9. The van der Waals surface area contributed by atoms with Gasteiger partial charge in [-0.3, -0.25) is 0 Å². The molecule has 0 radical (unpaired) electrons. The summed E-state index contributed by atoms with van der Waals surface area (Å²) >= 11 is 12.5. The quantitative estimate of drug-likeness (QED) is 0.204. The van der Waals surface area contributed by atoms with Crippen molar-refractivity contribution >= 4 is 46.5 Å². The van der Waals surface area contributed by atoms with Crippen molar-refractivity contribution in [1.82, 2.24) is 19.9 Å². The molecular formula is C24H22Cl2N6O4. The number of halogens is 2. The van der Waals surface area contributed by atoms with Crippen molar-refractivity contribution in [3.8, 4) is 23.0 Å². The summed E-state index contributed by atoms with van der Waals surface area (Å²) in [5.41, 5.74) is 1.18. The molecule has 2 aromatic carbocycles. The van der Waals surface area contributed by atoms with Gasteiger partial charge >= 0.3 is 0 Å². The second-order valence-electron chi connectivity index (χ2n) is 7.06. The Balaban J connectivity index is 2.01. The molecule has 4 rings (SSSR count). The predicted octanol–water partition coefficient (Wildman–Crippen LogP) is 5.50. The van der Waals surface area contributed by atoms with Crippen molar-refractivity contribution in [2.45, 2.75) is 0 Å². The van der Waals surface area contributed by atoms with Crippen molar-refractivity contribution in [3.05, 3.63) is 71.2 Å². The number of aromatic nitrogens is 4. The Morgan fingerprint density at radius 1 is 0.556 bits per heavy atom. The monoisotopic (exact) mass is 528 g/mol. The number of hydrogen-bond donors (Lipinski definition) is 0. The van der Waals surface area contributed by atoms with Crippen LogP contribution >= 0.6 is 23.2 Å². The molecule has 10 nitrogen and oxygen atoms in total. The van der Waals surface area contributed by atoms with Crippen LogP contribution in [0.4, 0.5) is 23.3 Å². The zero-order valence-corrected chi connectivity index (χ0v) is 21.4. The number of methoxy groups -OCH3 is 4. The number of hydrogen-bond acceptors (Lipinski definition) is 10. The summed E-state index contributed by atoms with van der Waals surface area (Å²) in [5.74, 6) is 2.53. The fraction of sp³-hybridized carbons (Fsp3) is 0.167. The van der Waals surface area contributed by atoms with Gasteiger partial charge in [-0.05, 0) is 36.4 Å². The molecule has 0 aliphatic heterocycles. The number of nitrogens with zero attached hydrogens (tertiary/aromatic N) is 6. The summed E-state index contributed by atoms with van der Waals surface area (Å²) in [6, 6.07) is 13.8. The lowest BCUT2D eigenvalue weighted by Crippen LogP contribution is -2.38. The maximum absolute atomic E-state index is 6.26. The van der Waals surface area contributed by atoms with Crippen LogP contribution in [0.5, 0.6) is 23.0 Å². The highest BCUT2D eigenvalue weighted by atomic mass is 35.5. The van der Waals surface area contributed by atoms with Crippen molar-refractivity contribution in [3.63, 3.8) is 0 Å². The van der Waals surface area contributed by atoms with E-state index in [-0.39, 0.29) is 22.2 Å². The van der Waals surface area contributed by atoms with Gasteiger partial charge in [-0.25, -0.2) is 20.0 Å². The summed E-state index contributed by atoms with van der Waals surface area (Å²) in [6.07, 6.45) is 3.09. The van der Waals surface area contributed by atoms with Gasteiger partial charge in [-0.1, -0.05) is 23.2 Å². The zero-order chi connectivity index (χ0) is 25.7. The van der Waals surface area contributed by atoms with Crippen molar-refractivity contribution in [2.75, 3.05) is 38.5 Å². The first-order chi connectivity index (χ1) is 17.5. The topological polar surface area (TPSA) is 95.0 Å². The van der Waals surface area contributed by atoms with E-state index < -0.39 is 0 Å². The number of hydrazine groups is 1. The molecule has 0 saturated heterocycles. The maximum Gasteiger partial charge on any atom is 0.251 e. The third kappa shape index (κ3) is 5.14. The molecule has 0 amide bonds. The fourth-order valence-electron chi connectivity index (χ4n) is 3.41. The van der Waals surface area contributed by atoms with Crippen LogP contribution in [0.25, 0.3) is 0 Å². The van der Waals surface area contributed by atoms with E-state index in [2.05, 4.69) is 19.9 Å². The molecule has 0 aliphatic carbocycles. The van der Waals surface area contributed by atoms with Crippen LogP contribution in [0.3, 0.4) is 0 Å². The Bertz CT molecular complexity index is 1260. The number of benzene rings is 2. The van der Waals surface area contributed by atoms with Gasteiger partial charge in [0.2, 0.25) is 0 Å². The van der Waals surface area contributed by atoms with Crippen LogP contribution in [0.1, 0.15) is 0 Å². The highest BCUT2D eigenvalue weighted by Crippen LogP contribution is 2.40. The third-order valence-electron chi connectivity index (χ3n) is 5.02. The highest BCUT2D eigenvalue weighted by Gasteiger charge is 2.28. The van der Waals surface area contributed by atoms with Crippen molar-refractivity contribution in [2.24, 2.45) is 0 Å². The summed E-state index contributed by atoms with van der Waals surface area (Å²) in [7, 11) is 6.22. The van der Waals surface area contributed by atoms with E-state index in [0.29, 0.717) is 34.4 Å². The van der Waals surface area contributed by atoms with E-state index in [1.54, 1.807) is 87.2 Å². The molecule has 0 atom stereocenters. The second-order valence-corrected chi connectivity index (χ2v) is 7.84. The Kier molecular flexibility index (Phi) is 7.77. The summed E-state index contributed by atoms with van der Waals surface area (Å²) in [5, 5.41) is 3.82. The average Bonchev–Trinajstić information content (AvgIpc) is 2.90. The molecule has 36 heavy (non-hydrogen) atoms. The van der Waals surface area contributed by atoms with Gasteiger partial charge in [0.1, 0.15) is 10.3 Å². The number of anilines is 4. The SMILES string of the molecule is COc1ccc(N(c2nccc(Cl)n2)N(c2ccc(OC)c(OC)c2)c2nccc(Cl)n2)cc1OC. The predicted molar refractivity (Wildman–Crippen MR) is 137 cm³/mol. The first-order valence-electron chi connectivity index (χ1n) is 10.5. The van der Waals surface area contributed by atoms with Gasteiger partial charge in [-0.15, -0.1) is 0 Å². The van der Waals surface area contributed by atoms with Gasteiger partial charge in [0.05, 0.1) is 39.8 Å². The largest absolute Gasteiger partial charge is 0.493 e. The smallest absolute Gasteiger partial charge is 0.251 e. The van der Waals surface area contributed by atoms with E-state index in [1.165, 1.54) is 0 Å². The molecule has 2 aromatic heterocycles. The molecule has 4 aromatic rings. The first kappa shape index (κ1) is 25.1. The number of ether oxygens (including phenoxy) is 4. The standard InChI is InChI=1S/C24H22Cl2N6O4/c1-33-17-7-5-15(13-19(17)35-3)31(23-27-11-9-21(25)29-23)32(24-28-12-10-22(26)30-24)16-6-8-18(34-2)20(14-16)36-4/h5-14H,1-4H3. The lowest BCUT2D eigenvalue weighted by Gasteiger charge is -2.35. The van der Waals surface area contributed by atoms with Crippen LogP contribution in [0.2, 0.25) is 10.3 Å². The summed E-state index contributed by atoms with van der Waals surface area (Å²) in [4.78, 5) is 17.8. The Morgan fingerprint density at radius 3 is 1.28 bits per heavy atom. The Morgan fingerprint density at radius 2 is 0.944 bits per heavy atom. The van der Waals surface area contributed by atoms with Gasteiger partial charge in [0.15, 0.2) is 23.0 Å². The maximum atomic E-state index is 6.26. The van der Waals surface area contributed by atoms with Crippen LogP contribution in [0.15, 0.2) is 60.9 Å². The van der Waals surface area contributed by atoms with Crippen LogP contribution in [0, 0.1) is 0 Å². The van der Waals surface area contributed by atoms with Crippen LogP contribution in [-0.2, 0) is 0 Å². The Labute approximate surface area is 217 Å². The molecule has 0 aliphatic rings. The van der Waals surface area contributed by atoms with Gasteiger partial charge < -0.3 is 18.9 Å². The van der Waals surface area contributed by atoms with E-state index in [0.717, 1.165) is 0 Å². The first-order valence-corrected chi connectivity index (χ1v) is 11.3. The van der Waals surface area contributed by atoms with E-state index >= 15 is 0 Å². The molecule has 0 bridgehead atoms. The van der Waals surface area contributed by atoms with Gasteiger partial charge in [0.25, 0.3) is 11.9 Å². The molecule has 0 unspecified atom stereocenters. The average molecular weight is 529 g/mol. The minimum atomic E-state index is 0.230. The fourth-order valence-corrected chi connectivity index (χ4v) is 3.68. The molecule has 2 heterocycles. The minimum Gasteiger partial charge on any atom is -0.493 e. The molecule has 0 fully saturated rings. The minimum absolute atomic E-state index is 0.230. The molecule has 186 valence electrons. The molecule has 12 heteroatoms. The van der Waals surface area contributed by atoms with Gasteiger partial charge in [0, 0.05) is 24.5 Å². The molecule has 0 N–H and O–H groups in total.